The first-order valence-corrected chi connectivity index (χ1v) is 53.8. The van der Waals surface area contributed by atoms with Crippen LogP contribution in [-0.4, -0.2) is 4.98 Å². The van der Waals surface area contributed by atoms with Crippen molar-refractivity contribution >= 4 is 154 Å². The van der Waals surface area contributed by atoms with E-state index in [0.29, 0.717) is 0 Å². The first-order chi connectivity index (χ1) is 69.2. The van der Waals surface area contributed by atoms with Crippen LogP contribution in [0.3, 0.4) is 0 Å². The van der Waals surface area contributed by atoms with Gasteiger partial charge in [0, 0.05) is 104 Å². The molecule has 654 valence electrons. The number of fused-ring (bicyclic) bond motifs is 40. The molecule has 6 aliphatic carbocycles. The van der Waals surface area contributed by atoms with Gasteiger partial charge in [-0.25, -0.2) is 4.98 Å². The first-order valence-electron chi connectivity index (χ1n) is 48.0. The van der Waals surface area contributed by atoms with E-state index < -0.39 is 25.1 Å². The molecule has 3 nitrogen and oxygen atoms in total. The van der Waals surface area contributed by atoms with Gasteiger partial charge in [-0.05, 0) is 186 Å². The van der Waals surface area contributed by atoms with Gasteiger partial charge in [0.05, 0.1) is 27.5 Å². The van der Waals surface area contributed by atoms with Crippen molar-refractivity contribution < 1.29 is 9.13 Å². The van der Waals surface area contributed by atoms with E-state index >= 15 is 9.13 Å². The van der Waals surface area contributed by atoms with Gasteiger partial charge in [-0.3, -0.25) is 0 Å². The van der Waals surface area contributed by atoms with Crippen molar-refractivity contribution in [2.75, 3.05) is 0 Å². The summed E-state index contributed by atoms with van der Waals surface area (Å²) < 4.78 is 37.0. The minimum atomic E-state index is -3.57. The molecular weight excluding hydrogens is 1790 g/mol. The number of thiophene rings is 3. The second-order valence-corrected chi connectivity index (χ2v) is 46.2. The Morgan fingerprint density at radius 2 is 0.550 bits per heavy atom. The zero-order valence-corrected chi connectivity index (χ0v) is 79.9. The molecule has 0 saturated heterocycles. The lowest BCUT2D eigenvalue weighted by Crippen LogP contribution is -2.35. The van der Waals surface area contributed by atoms with E-state index in [2.05, 4.69) is 431 Å². The second-order valence-electron chi connectivity index (χ2n) is 37.6. The third-order valence-electron chi connectivity index (χ3n) is 30.9. The predicted molar refractivity (Wildman–Crippen MR) is 592 cm³/mol. The quantitative estimate of drug-likeness (QED) is 0.142. The molecule has 0 bridgehead atoms. The average molecular weight is 1870 g/mol. The van der Waals surface area contributed by atoms with Crippen LogP contribution in [0.2, 0.25) is 0 Å². The van der Waals surface area contributed by atoms with Crippen molar-refractivity contribution in [2.24, 2.45) is 0 Å². The molecule has 2 unspecified atom stereocenters. The lowest BCUT2D eigenvalue weighted by Gasteiger charge is -2.33. The molecule has 0 aliphatic heterocycles. The summed E-state index contributed by atoms with van der Waals surface area (Å²) in [5.74, 6) is 0. The van der Waals surface area contributed by atoms with Gasteiger partial charge < -0.3 is 9.13 Å². The highest BCUT2D eigenvalue weighted by molar-refractivity contribution is 7.86. The number of pyridine rings is 1. The average Bonchev–Trinajstić information content (AvgIpc) is 1.50. The number of rotatable bonds is 8. The van der Waals surface area contributed by atoms with E-state index in [1.807, 2.05) is 94.7 Å². The summed E-state index contributed by atoms with van der Waals surface area (Å²) >= 11 is 5.75. The lowest BCUT2D eigenvalue weighted by molar-refractivity contribution is 0.591. The van der Waals surface area contributed by atoms with Crippen LogP contribution in [0, 0.1) is 0 Å². The standard InChI is InChI=1S/C47H29OPS.C46H27NS.C39H25OPS/c48-49(40-26-11-16-30-14-1-3-18-32(30)40,41-27-12-17-31-15-2-4-19-33(31)41)42-28-13-23-35-34-20-5-8-24-38(34)47(45(35)42)39-25-9-6-21-36(39)44-37-22-7-10-29-43(37)50-46(44)47;1-2-12-29-25-30(22-21-28(29)11-1)36-27-42(47-41-19-9-5-15-34(36)41)31-23-24-40-37(26-31)44-35-16-6-10-20-43(35)48-45(44)46(40)38-17-7-3-13-32(38)33-14-4-8-18-39(33)46;40-41(26-14-3-1-4-15-26,27-16-5-2-6-17-27)34-24-13-23-33-37(34)29-19-8-11-22-32(29)39(33)31-21-10-7-18-28(31)36-30-20-9-12-25-35(30)42-38(36)39/h1-29H;1-27H;1-25H. The summed E-state index contributed by atoms with van der Waals surface area (Å²) in [6.45, 7) is 0. The second kappa shape index (κ2) is 31.1. The van der Waals surface area contributed by atoms with E-state index in [4.69, 9.17) is 4.98 Å². The van der Waals surface area contributed by atoms with Gasteiger partial charge in [0.15, 0.2) is 14.3 Å². The van der Waals surface area contributed by atoms with Crippen LogP contribution < -0.4 is 31.8 Å². The molecule has 4 heterocycles. The number of hydrogen-bond donors (Lipinski definition) is 0. The third-order valence-corrected chi connectivity index (χ3v) is 41.1. The summed E-state index contributed by atoms with van der Waals surface area (Å²) in [5.41, 5.74) is 31.0. The van der Waals surface area contributed by atoms with E-state index in [9.17, 15) is 0 Å². The van der Waals surface area contributed by atoms with Crippen molar-refractivity contribution in [3.63, 3.8) is 0 Å². The molecule has 0 N–H and O–H groups in total. The molecule has 25 aromatic rings. The summed E-state index contributed by atoms with van der Waals surface area (Å²) in [6.07, 6.45) is 0. The Balaban J connectivity index is 0.000000101. The Labute approximate surface area is 822 Å². The molecule has 31 rings (SSSR count). The molecule has 2 atom stereocenters. The van der Waals surface area contributed by atoms with Gasteiger partial charge >= 0.3 is 0 Å². The maximum absolute atomic E-state index is 17.3. The smallest absolute Gasteiger partial charge is 0.172 e. The van der Waals surface area contributed by atoms with Crippen LogP contribution in [0.4, 0.5) is 0 Å². The van der Waals surface area contributed by atoms with Gasteiger partial charge in [-0.2, -0.15) is 0 Å². The van der Waals surface area contributed by atoms with E-state index in [1.54, 1.807) is 0 Å². The number of nitrogens with zero attached hydrogens (tertiary/aromatic N) is 1. The summed E-state index contributed by atoms with van der Waals surface area (Å²) in [7, 11) is -6.79. The molecule has 6 aliphatic rings. The first kappa shape index (κ1) is 81.3. The number of hydrogen-bond acceptors (Lipinski definition) is 6. The third kappa shape index (κ3) is 11.1. The van der Waals surface area contributed by atoms with Crippen LogP contribution in [0.5, 0.6) is 0 Å². The summed E-state index contributed by atoms with van der Waals surface area (Å²) in [4.78, 5) is 9.40. The Morgan fingerprint density at radius 1 is 0.200 bits per heavy atom. The molecule has 0 fully saturated rings. The van der Waals surface area contributed by atoms with Crippen molar-refractivity contribution in [1.29, 1.82) is 0 Å². The molecule has 4 aromatic heterocycles. The van der Waals surface area contributed by atoms with Gasteiger partial charge in [0.2, 0.25) is 0 Å². The lowest BCUT2D eigenvalue weighted by atomic mass is 9.73. The molecule has 0 radical (unpaired) electrons. The van der Waals surface area contributed by atoms with Crippen molar-refractivity contribution in [3.8, 4) is 89.1 Å². The van der Waals surface area contributed by atoms with E-state index in [0.717, 1.165) is 81.3 Å². The van der Waals surface area contributed by atoms with Gasteiger partial charge in [0.1, 0.15) is 0 Å². The predicted octanol–water partition coefficient (Wildman–Crippen LogP) is 32.4. The molecular formula is C132H81NO2P2S3. The monoisotopic (exact) mass is 1870 g/mol. The van der Waals surface area contributed by atoms with Crippen LogP contribution in [0.25, 0.3) is 163 Å². The van der Waals surface area contributed by atoms with E-state index in [1.165, 1.54) is 178 Å². The zero-order chi connectivity index (χ0) is 92.3. The molecule has 3 spiro atoms. The molecule has 21 aromatic carbocycles. The minimum Gasteiger partial charge on any atom is -0.309 e. The Hall–Kier alpha value is -15.9. The molecule has 140 heavy (non-hydrogen) atoms. The Bertz CT molecular complexity index is 9540. The summed E-state index contributed by atoms with van der Waals surface area (Å²) in [5, 5.41) is 17.1. The highest BCUT2D eigenvalue weighted by Crippen LogP contribution is 2.71. The molecule has 0 saturated carbocycles. The van der Waals surface area contributed by atoms with Crippen LogP contribution >= 0.6 is 48.3 Å². The molecule has 0 amide bonds. The van der Waals surface area contributed by atoms with Crippen LogP contribution in [0.1, 0.15) is 64.7 Å². The van der Waals surface area contributed by atoms with Crippen molar-refractivity contribution in [3.05, 3.63) is 556 Å². The minimum absolute atomic E-state index is 0.340. The Kier molecular flexibility index (Phi) is 18.1. The number of benzene rings is 21. The topological polar surface area (TPSA) is 47.0 Å². The number of para-hydroxylation sites is 1. The fourth-order valence-corrected chi connectivity index (χ4v) is 36.0. The van der Waals surface area contributed by atoms with Gasteiger partial charge in [-0.15, -0.1) is 34.0 Å². The largest absolute Gasteiger partial charge is 0.309 e. The normalized spacial score (nSPS) is 15.2. The van der Waals surface area contributed by atoms with Gasteiger partial charge in [-0.1, -0.05) is 449 Å². The summed E-state index contributed by atoms with van der Waals surface area (Å²) in [6, 6.07) is 176. The maximum Gasteiger partial charge on any atom is 0.172 e. The van der Waals surface area contributed by atoms with Crippen LogP contribution in [0.15, 0.2) is 491 Å². The van der Waals surface area contributed by atoms with Crippen molar-refractivity contribution in [1.82, 2.24) is 4.98 Å². The van der Waals surface area contributed by atoms with Crippen LogP contribution in [-0.2, 0) is 25.4 Å². The SMILES string of the molecule is O=P(c1cccc2c1C1(c3ccccc3-2)c2ccccc2-c2c1sc1ccccc21)(c1cccc2ccccc12)c1cccc2ccccc12.O=P(c1ccccc1)(c1ccccc1)c1cccc2c1-c1ccccc1C21c2ccccc2-c2c1sc1ccccc21.c1ccc2c(c1)-c1ccccc1C21c2ccc(-c3cc(-c4ccc5ccccc5c4)c4ccccc4n3)cc2-c2c1sc1ccccc21. The zero-order valence-electron chi connectivity index (χ0n) is 75.6. The highest BCUT2D eigenvalue weighted by Gasteiger charge is 2.59. The maximum atomic E-state index is 17.3. The highest BCUT2D eigenvalue weighted by atomic mass is 32.1. The number of aromatic nitrogens is 1. The fourth-order valence-electron chi connectivity index (χ4n) is 25.4. The molecule has 8 heteroatoms. The fraction of sp³-hybridized carbons (Fsp3) is 0.0227. The Morgan fingerprint density at radius 3 is 1.10 bits per heavy atom. The van der Waals surface area contributed by atoms with Crippen molar-refractivity contribution in [2.45, 2.75) is 16.2 Å². The van der Waals surface area contributed by atoms with E-state index in [-0.39, 0.29) is 5.41 Å². The van der Waals surface area contributed by atoms with Gasteiger partial charge in [0.25, 0.3) is 0 Å².